The van der Waals surface area contributed by atoms with Crippen LogP contribution >= 0.6 is 11.6 Å². The van der Waals surface area contributed by atoms with E-state index >= 15 is 0 Å². The van der Waals surface area contributed by atoms with E-state index in [1.165, 1.54) is 27.3 Å². The van der Waals surface area contributed by atoms with E-state index in [2.05, 4.69) is 9.72 Å². The van der Waals surface area contributed by atoms with Crippen molar-refractivity contribution in [2.75, 3.05) is 13.7 Å². The Balaban J connectivity index is 1.45. The van der Waals surface area contributed by atoms with Crippen molar-refractivity contribution in [2.24, 2.45) is 7.05 Å². The molecule has 0 saturated heterocycles. The average molecular weight is 629 g/mol. The Labute approximate surface area is 254 Å². The molecule has 0 saturated carbocycles. The largest absolute Gasteiger partial charge is 0.573 e. The predicted molar refractivity (Wildman–Crippen MR) is 159 cm³/mol. The van der Waals surface area contributed by atoms with Gasteiger partial charge in [-0.25, -0.2) is 9.78 Å². The normalized spacial score (nSPS) is 11.6. The van der Waals surface area contributed by atoms with E-state index in [-0.39, 0.29) is 42.4 Å². The van der Waals surface area contributed by atoms with E-state index in [0.29, 0.717) is 29.4 Å². The number of fused-ring (bicyclic) bond motifs is 1. The van der Waals surface area contributed by atoms with E-state index in [1.807, 2.05) is 12.1 Å². The Morgan fingerprint density at radius 1 is 0.864 bits per heavy atom. The molecule has 0 aliphatic heterocycles. The highest BCUT2D eigenvalue weighted by Gasteiger charge is 2.31. The molecule has 0 aliphatic rings. The molecule has 2 heterocycles. The van der Waals surface area contributed by atoms with Crippen LogP contribution in [0.1, 0.15) is 23.4 Å². The fraction of sp³-hybridized carbons (Fsp3) is 0.258. The fourth-order valence-electron chi connectivity index (χ4n) is 4.78. The highest BCUT2D eigenvalue weighted by molar-refractivity contribution is 6.30. The second-order valence-electron chi connectivity index (χ2n) is 9.97. The first-order valence-electron chi connectivity index (χ1n) is 13.6. The van der Waals surface area contributed by atoms with Crippen molar-refractivity contribution in [3.63, 3.8) is 0 Å². The van der Waals surface area contributed by atoms with Crippen LogP contribution in [0, 0.1) is 0 Å². The third kappa shape index (κ3) is 7.08. The number of nitrogens with zero attached hydrogens (tertiary/aromatic N) is 4. The molecule has 3 aromatic carbocycles. The number of imidazole rings is 1. The van der Waals surface area contributed by atoms with Gasteiger partial charge in [0.2, 0.25) is 0 Å². The SMILES string of the molecule is COc1ccc(Cn2c(=O)c3c(nc(CCCOc4cccc(OC(F)(F)F)c4)n3Cc3ccc(Cl)cc3)n(C)c2=O)cc1. The molecule has 0 N–H and O–H groups in total. The molecule has 0 spiro atoms. The van der Waals surface area contributed by atoms with E-state index in [1.54, 1.807) is 55.1 Å². The summed E-state index contributed by atoms with van der Waals surface area (Å²) in [5, 5.41) is 0.565. The molecule has 5 aromatic rings. The first-order chi connectivity index (χ1) is 21.0. The van der Waals surface area contributed by atoms with Gasteiger partial charge >= 0.3 is 12.1 Å². The third-order valence-corrected chi connectivity index (χ3v) is 7.17. The van der Waals surface area contributed by atoms with Crippen LogP contribution in [0.4, 0.5) is 13.2 Å². The van der Waals surface area contributed by atoms with Gasteiger partial charge in [0, 0.05) is 31.1 Å². The van der Waals surface area contributed by atoms with Crippen LogP contribution in [0.15, 0.2) is 82.4 Å². The number of methoxy groups -OCH3 is 1. The molecule has 0 unspecified atom stereocenters. The van der Waals surface area contributed by atoms with Crippen molar-refractivity contribution in [1.82, 2.24) is 18.7 Å². The molecule has 9 nitrogen and oxygen atoms in total. The highest BCUT2D eigenvalue weighted by Crippen LogP contribution is 2.26. The maximum atomic E-state index is 13.9. The van der Waals surface area contributed by atoms with Crippen LogP contribution in [0.2, 0.25) is 5.02 Å². The lowest BCUT2D eigenvalue weighted by Crippen LogP contribution is -2.40. The van der Waals surface area contributed by atoms with Gasteiger partial charge in [0.05, 0.1) is 20.3 Å². The number of halogens is 4. The molecule has 0 fully saturated rings. The topological polar surface area (TPSA) is 89.5 Å². The predicted octanol–water partition coefficient (Wildman–Crippen LogP) is 5.57. The van der Waals surface area contributed by atoms with Crippen molar-refractivity contribution in [3.05, 3.63) is 116 Å². The molecule has 0 aliphatic carbocycles. The minimum atomic E-state index is -4.81. The van der Waals surface area contributed by atoms with Crippen LogP contribution in [-0.2, 0) is 26.6 Å². The number of benzene rings is 3. The van der Waals surface area contributed by atoms with Gasteiger partial charge in [-0.15, -0.1) is 13.2 Å². The summed E-state index contributed by atoms with van der Waals surface area (Å²) >= 11 is 6.08. The second kappa shape index (κ2) is 12.9. The average Bonchev–Trinajstić information content (AvgIpc) is 3.35. The molecule has 44 heavy (non-hydrogen) atoms. The van der Waals surface area contributed by atoms with E-state index in [9.17, 15) is 22.8 Å². The standard InChI is InChI=1S/C31H28ClF3N4O5/c1-37-28-27(29(40)39(30(37)41)19-21-10-14-23(42-2)15-11-21)38(18-20-8-12-22(32)13-9-20)26(36-28)7-4-16-43-24-5-3-6-25(17-24)44-31(33,34)35/h3,5-6,8-15,17H,4,7,16,18-19H2,1-2H3. The quantitative estimate of drug-likeness (QED) is 0.178. The lowest BCUT2D eigenvalue weighted by atomic mass is 10.2. The molecular weight excluding hydrogens is 601 g/mol. The Hall–Kier alpha value is -4.71. The van der Waals surface area contributed by atoms with Gasteiger partial charge in [0.15, 0.2) is 11.2 Å². The fourth-order valence-corrected chi connectivity index (χ4v) is 4.91. The van der Waals surface area contributed by atoms with Crippen LogP contribution in [0.25, 0.3) is 11.2 Å². The molecular formula is C31H28ClF3N4O5. The lowest BCUT2D eigenvalue weighted by molar-refractivity contribution is -0.274. The number of rotatable bonds is 11. The Kier molecular flexibility index (Phi) is 9.00. The molecule has 13 heteroatoms. The smallest absolute Gasteiger partial charge is 0.497 e. The van der Waals surface area contributed by atoms with E-state index < -0.39 is 17.6 Å². The van der Waals surface area contributed by atoms with Gasteiger partial charge in [-0.1, -0.05) is 41.9 Å². The maximum Gasteiger partial charge on any atom is 0.573 e. The zero-order valence-corrected chi connectivity index (χ0v) is 24.6. The lowest BCUT2D eigenvalue weighted by Gasteiger charge is -2.12. The molecule has 0 radical (unpaired) electrons. The van der Waals surface area contributed by atoms with Crippen molar-refractivity contribution in [2.45, 2.75) is 32.3 Å². The van der Waals surface area contributed by atoms with E-state index in [4.69, 9.17) is 21.1 Å². The summed E-state index contributed by atoms with van der Waals surface area (Å²) in [6.45, 7) is 0.495. The summed E-state index contributed by atoms with van der Waals surface area (Å²) in [6, 6.07) is 19.5. The zero-order valence-electron chi connectivity index (χ0n) is 23.8. The summed E-state index contributed by atoms with van der Waals surface area (Å²) in [6.07, 6.45) is -4.04. The molecule has 0 bridgehead atoms. The van der Waals surface area contributed by atoms with Gasteiger partial charge in [0.25, 0.3) is 5.56 Å². The van der Waals surface area contributed by atoms with Crippen molar-refractivity contribution in [1.29, 1.82) is 0 Å². The number of ether oxygens (including phenoxy) is 3. The minimum Gasteiger partial charge on any atom is -0.497 e. The number of hydrogen-bond acceptors (Lipinski definition) is 6. The summed E-state index contributed by atoms with van der Waals surface area (Å²) in [4.78, 5) is 31.9. The van der Waals surface area contributed by atoms with Gasteiger partial charge in [-0.2, -0.15) is 0 Å². The summed E-state index contributed by atoms with van der Waals surface area (Å²) in [5.74, 6) is 1.03. The number of aromatic nitrogens is 4. The minimum absolute atomic E-state index is 0.0534. The number of hydrogen-bond donors (Lipinski definition) is 0. The Morgan fingerprint density at radius 3 is 2.16 bits per heavy atom. The van der Waals surface area contributed by atoms with Gasteiger partial charge < -0.3 is 18.8 Å². The number of alkyl halides is 3. The van der Waals surface area contributed by atoms with Gasteiger partial charge in [-0.05, 0) is 53.9 Å². The first kappa shape index (κ1) is 30.7. The third-order valence-electron chi connectivity index (χ3n) is 6.92. The zero-order chi connectivity index (χ0) is 31.4. The molecule has 0 atom stereocenters. The van der Waals surface area contributed by atoms with Crippen LogP contribution in [-0.4, -0.2) is 38.8 Å². The highest BCUT2D eigenvalue weighted by atomic mass is 35.5. The second-order valence-corrected chi connectivity index (χ2v) is 10.4. The van der Waals surface area contributed by atoms with Gasteiger partial charge in [0.1, 0.15) is 23.1 Å². The Morgan fingerprint density at radius 2 is 1.50 bits per heavy atom. The first-order valence-corrected chi connectivity index (χ1v) is 13.9. The van der Waals surface area contributed by atoms with Crippen LogP contribution < -0.4 is 25.5 Å². The maximum absolute atomic E-state index is 13.9. The van der Waals surface area contributed by atoms with Crippen molar-refractivity contribution >= 4 is 22.8 Å². The summed E-state index contributed by atoms with van der Waals surface area (Å²) in [7, 11) is 3.12. The van der Waals surface area contributed by atoms with Crippen LogP contribution in [0.5, 0.6) is 17.2 Å². The summed E-state index contributed by atoms with van der Waals surface area (Å²) in [5.41, 5.74) is 1.13. The van der Waals surface area contributed by atoms with Gasteiger partial charge in [-0.3, -0.25) is 13.9 Å². The van der Waals surface area contributed by atoms with Crippen molar-refractivity contribution in [3.8, 4) is 17.2 Å². The number of aryl methyl sites for hydroxylation is 2. The van der Waals surface area contributed by atoms with Crippen LogP contribution in [0.3, 0.4) is 0 Å². The molecule has 2 aromatic heterocycles. The molecule has 230 valence electrons. The molecule has 0 amide bonds. The Bertz CT molecular complexity index is 1880. The van der Waals surface area contributed by atoms with Crippen molar-refractivity contribution < 1.29 is 27.4 Å². The van der Waals surface area contributed by atoms with E-state index in [0.717, 1.165) is 17.2 Å². The molecule has 5 rings (SSSR count). The summed E-state index contributed by atoms with van der Waals surface area (Å²) < 4.78 is 56.9. The monoisotopic (exact) mass is 628 g/mol.